The van der Waals surface area contributed by atoms with E-state index in [1.54, 1.807) is 6.07 Å². The Balaban J connectivity index is 1.11. The van der Waals surface area contributed by atoms with Crippen LogP contribution in [0.4, 0.5) is 10.1 Å². The molecule has 0 bridgehead atoms. The first-order chi connectivity index (χ1) is 17.5. The molecule has 4 heterocycles. The van der Waals surface area contributed by atoms with Gasteiger partial charge < -0.3 is 14.5 Å². The summed E-state index contributed by atoms with van der Waals surface area (Å²) >= 11 is 0. The van der Waals surface area contributed by atoms with Crippen LogP contribution in [0.1, 0.15) is 46.3 Å². The number of ether oxygens (including phenoxy) is 1. The molecule has 0 spiro atoms. The molecule has 4 aliphatic rings. The standard InChI is InChI=1S/C27H29FN4O4/c28-21-14-20-19(16-32(27(20)35)22-4-6-25(33)29-26(22)34)13-23(21)31-9-7-30(8-10-31)15-17-3-5-24-18(12-17)2-1-11-36-24/h3,5,12-14,22H,1-2,4,6-11,15-16H2,(H,29,33,34). The van der Waals surface area contributed by atoms with Crippen molar-refractivity contribution in [3.63, 3.8) is 0 Å². The van der Waals surface area contributed by atoms with E-state index in [0.29, 0.717) is 30.8 Å². The van der Waals surface area contributed by atoms with Gasteiger partial charge in [-0.25, -0.2) is 4.39 Å². The number of carbonyl (C=O) groups is 3. The maximum atomic E-state index is 15.1. The zero-order chi connectivity index (χ0) is 24.8. The van der Waals surface area contributed by atoms with Crippen molar-refractivity contribution >= 4 is 23.4 Å². The lowest BCUT2D eigenvalue weighted by Crippen LogP contribution is -2.52. The Labute approximate surface area is 209 Å². The third-order valence-electron chi connectivity index (χ3n) is 7.68. The molecule has 2 fully saturated rings. The highest BCUT2D eigenvalue weighted by Crippen LogP contribution is 2.33. The van der Waals surface area contributed by atoms with Gasteiger partial charge in [0, 0.05) is 51.3 Å². The van der Waals surface area contributed by atoms with Crippen LogP contribution in [0.5, 0.6) is 5.75 Å². The summed E-state index contributed by atoms with van der Waals surface area (Å²) in [5.41, 5.74) is 4.06. The third-order valence-corrected chi connectivity index (χ3v) is 7.68. The summed E-state index contributed by atoms with van der Waals surface area (Å²) < 4.78 is 20.9. The van der Waals surface area contributed by atoms with Crippen LogP contribution < -0.4 is 15.0 Å². The predicted octanol–water partition coefficient (Wildman–Crippen LogP) is 2.23. The minimum absolute atomic E-state index is 0.194. The van der Waals surface area contributed by atoms with Crippen molar-refractivity contribution in [2.24, 2.45) is 0 Å². The highest BCUT2D eigenvalue weighted by atomic mass is 19.1. The van der Waals surface area contributed by atoms with E-state index in [2.05, 4.69) is 28.4 Å². The highest BCUT2D eigenvalue weighted by Gasteiger charge is 2.40. The summed E-state index contributed by atoms with van der Waals surface area (Å²) in [6.45, 7) is 4.88. The number of benzene rings is 2. The Morgan fingerprint density at radius 2 is 1.83 bits per heavy atom. The number of nitrogens with zero attached hydrogens (tertiary/aromatic N) is 3. The fourth-order valence-electron chi connectivity index (χ4n) is 5.74. The molecule has 2 aromatic carbocycles. The number of anilines is 1. The van der Waals surface area contributed by atoms with Crippen molar-refractivity contribution in [2.45, 2.75) is 44.8 Å². The van der Waals surface area contributed by atoms with E-state index in [1.165, 1.54) is 22.1 Å². The number of nitrogens with one attached hydrogen (secondary N) is 1. The van der Waals surface area contributed by atoms with Gasteiger partial charge in [0.25, 0.3) is 5.91 Å². The molecule has 3 amide bonds. The van der Waals surface area contributed by atoms with Crippen LogP contribution in [-0.2, 0) is 29.1 Å². The van der Waals surface area contributed by atoms with E-state index in [9.17, 15) is 14.4 Å². The SMILES string of the molecule is O=C1CCC(N2Cc3cc(N4CCN(Cc5ccc6c(c5)CCCO6)CC4)c(F)cc3C2=O)C(=O)N1. The summed E-state index contributed by atoms with van der Waals surface area (Å²) in [6.07, 6.45) is 2.59. The molecule has 0 aromatic heterocycles. The molecular weight excluding hydrogens is 463 g/mol. The number of halogens is 1. The van der Waals surface area contributed by atoms with E-state index in [1.807, 2.05) is 4.90 Å². The average molecular weight is 493 g/mol. The fourth-order valence-corrected chi connectivity index (χ4v) is 5.74. The molecule has 36 heavy (non-hydrogen) atoms. The lowest BCUT2D eigenvalue weighted by molar-refractivity contribution is -0.136. The predicted molar refractivity (Wildman–Crippen MR) is 130 cm³/mol. The van der Waals surface area contributed by atoms with Gasteiger partial charge in [-0.05, 0) is 54.2 Å². The third kappa shape index (κ3) is 4.21. The number of piperidine rings is 1. The number of carbonyl (C=O) groups excluding carboxylic acids is 3. The van der Waals surface area contributed by atoms with Gasteiger partial charge >= 0.3 is 0 Å². The number of aryl methyl sites for hydroxylation is 1. The van der Waals surface area contributed by atoms with Crippen LogP contribution >= 0.6 is 0 Å². The topological polar surface area (TPSA) is 82.2 Å². The van der Waals surface area contributed by atoms with E-state index in [-0.39, 0.29) is 24.8 Å². The van der Waals surface area contributed by atoms with Crippen molar-refractivity contribution in [3.8, 4) is 5.75 Å². The van der Waals surface area contributed by atoms with Gasteiger partial charge in [-0.1, -0.05) is 12.1 Å². The number of imide groups is 1. The van der Waals surface area contributed by atoms with Crippen molar-refractivity contribution < 1.29 is 23.5 Å². The van der Waals surface area contributed by atoms with Gasteiger partial charge in [0.15, 0.2) is 0 Å². The first kappa shape index (κ1) is 23.0. The second-order valence-electron chi connectivity index (χ2n) is 10.0. The van der Waals surface area contributed by atoms with E-state index < -0.39 is 17.8 Å². The Hall–Kier alpha value is -3.46. The maximum Gasteiger partial charge on any atom is 0.255 e. The molecule has 4 aliphatic heterocycles. The molecule has 2 saturated heterocycles. The Morgan fingerprint density at radius 3 is 2.64 bits per heavy atom. The number of piperazine rings is 1. The molecule has 9 heteroatoms. The zero-order valence-corrected chi connectivity index (χ0v) is 20.1. The van der Waals surface area contributed by atoms with Gasteiger partial charge in [0.05, 0.1) is 12.3 Å². The monoisotopic (exact) mass is 492 g/mol. The molecule has 0 radical (unpaired) electrons. The maximum absolute atomic E-state index is 15.1. The number of fused-ring (bicyclic) bond motifs is 2. The fraction of sp³-hybridized carbons (Fsp3) is 0.444. The molecular formula is C27H29FN4O4. The Kier molecular flexibility index (Phi) is 5.87. The highest BCUT2D eigenvalue weighted by molar-refractivity contribution is 6.05. The van der Waals surface area contributed by atoms with Crippen LogP contribution in [0.15, 0.2) is 30.3 Å². The lowest BCUT2D eigenvalue weighted by Gasteiger charge is -2.36. The van der Waals surface area contributed by atoms with Crippen LogP contribution in [0.3, 0.4) is 0 Å². The molecule has 1 N–H and O–H groups in total. The molecule has 1 unspecified atom stereocenters. The Bertz CT molecular complexity index is 1240. The molecule has 188 valence electrons. The van der Waals surface area contributed by atoms with E-state index in [0.717, 1.165) is 50.4 Å². The zero-order valence-electron chi connectivity index (χ0n) is 20.1. The molecule has 6 rings (SSSR count). The molecule has 8 nitrogen and oxygen atoms in total. The number of amides is 3. The Morgan fingerprint density at radius 1 is 1.00 bits per heavy atom. The minimum atomic E-state index is -0.701. The second kappa shape index (κ2) is 9.20. The number of hydrogen-bond acceptors (Lipinski definition) is 6. The summed E-state index contributed by atoms with van der Waals surface area (Å²) in [5, 5.41) is 2.30. The number of rotatable bonds is 4. The quantitative estimate of drug-likeness (QED) is 0.660. The lowest BCUT2D eigenvalue weighted by atomic mass is 10.0. The van der Waals surface area contributed by atoms with E-state index in [4.69, 9.17) is 4.74 Å². The second-order valence-corrected chi connectivity index (χ2v) is 10.0. The largest absolute Gasteiger partial charge is 0.493 e. The van der Waals surface area contributed by atoms with Crippen molar-refractivity contribution in [2.75, 3.05) is 37.7 Å². The van der Waals surface area contributed by atoms with Crippen molar-refractivity contribution in [3.05, 3.63) is 58.4 Å². The van der Waals surface area contributed by atoms with Crippen LogP contribution in [0.25, 0.3) is 0 Å². The van der Waals surface area contributed by atoms with Gasteiger partial charge in [0.2, 0.25) is 11.8 Å². The number of hydrogen-bond donors (Lipinski definition) is 1. The van der Waals surface area contributed by atoms with Crippen molar-refractivity contribution in [1.29, 1.82) is 0 Å². The van der Waals surface area contributed by atoms with Crippen LogP contribution in [-0.4, -0.2) is 66.3 Å². The van der Waals surface area contributed by atoms with Crippen LogP contribution in [0, 0.1) is 5.82 Å². The summed E-state index contributed by atoms with van der Waals surface area (Å²) in [4.78, 5) is 42.6. The average Bonchev–Trinajstić information content (AvgIpc) is 3.19. The van der Waals surface area contributed by atoms with Crippen molar-refractivity contribution in [1.82, 2.24) is 15.1 Å². The molecule has 0 aliphatic carbocycles. The minimum Gasteiger partial charge on any atom is -0.493 e. The van der Waals surface area contributed by atoms with Crippen LogP contribution in [0.2, 0.25) is 0 Å². The van der Waals surface area contributed by atoms with Gasteiger partial charge in [-0.3, -0.25) is 24.6 Å². The molecule has 2 aromatic rings. The molecule has 1 atom stereocenters. The smallest absolute Gasteiger partial charge is 0.255 e. The first-order valence-electron chi connectivity index (χ1n) is 12.7. The first-order valence-corrected chi connectivity index (χ1v) is 12.7. The summed E-state index contributed by atoms with van der Waals surface area (Å²) in [6, 6.07) is 8.80. The summed E-state index contributed by atoms with van der Waals surface area (Å²) in [7, 11) is 0. The molecule has 0 saturated carbocycles. The normalized spacial score (nSPS) is 22.2. The van der Waals surface area contributed by atoms with Gasteiger partial charge in [0.1, 0.15) is 17.6 Å². The van der Waals surface area contributed by atoms with Gasteiger partial charge in [-0.15, -0.1) is 0 Å². The van der Waals surface area contributed by atoms with E-state index >= 15 is 4.39 Å². The van der Waals surface area contributed by atoms with Gasteiger partial charge in [-0.2, -0.15) is 0 Å². The summed E-state index contributed by atoms with van der Waals surface area (Å²) in [5.74, 6) is -0.568.